The summed E-state index contributed by atoms with van der Waals surface area (Å²) in [6.45, 7) is 2.32. The first kappa shape index (κ1) is 6.89. The minimum atomic E-state index is 0.936. The highest BCUT2D eigenvalue weighted by molar-refractivity contribution is 6.13. The van der Waals surface area contributed by atoms with Crippen LogP contribution in [-0.4, -0.2) is 18.1 Å². The summed E-state index contributed by atoms with van der Waals surface area (Å²) in [7, 11) is 0. The maximum absolute atomic E-state index is 5.50. The molecule has 1 heterocycles. The Bertz CT molecular complexity index is 117. The van der Waals surface area contributed by atoms with Gasteiger partial charge >= 0.3 is 0 Å². The molecular weight excluding hydrogens is 148 g/mol. The van der Waals surface area contributed by atoms with E-state index in [2.05, 4.69) is 9.95 Å². The van der Waals surface area contributed by atoms with E-state index in [1.165, 1.54) is 19.3 Å². The molecule has 1 N–H and O–H groups in total. The zero-order chi connectivity index (χ0) is 6.97. The Labute approximate surface area is 66.6 Å². The number of nitrogens with zero attached hydrogens (tertiary/aromatic N) is 1. The average Bonchev–Trinajstić information content (AvgIpc) is 2.42. The van der Waals surface area contributed by atoms with Gasteiger partial charge in [-0.3, -0.25) is 0 Å². The third-order valence-corrected chi connectivity index (χ3v) is 3.08. The Morgan fingerprint density at radius 3 is 2.30 bits per heavy atom. The van der Waals surface area contributed by atoms with Crippen molar-refractivity contribution in [3.8, 4) is 0 Å². The van der Waals surface area contributed by atoms with E-state index >= 15 is 0 Å². The zero-order valence-corrected chi connectivity index (χ0v) is 6.77. The molecule has 2 unspecified atom stereocenters. The Kier molecular flexibility index (Phi) is 1.85. The molecule has 1 saturated heterocycles. The first-order chi connectivity index (χ1) is 4.90. The fourth-order valence-corrected chi connectivity index (χ4v) is 2.44. The third kappa shape index (κ3) is 1.04. The quantitative estimate of drug-likeness (QED) is 0.583. The molecule has 2 rings (SSSR count). The molecule has 0 spiro atoms. The second kappa shape index (κ2) is 2.68. The molecular formula is C7H13ClN2. The van der Waals surface area contributed by atoms with Crippen molar-refractivity contribution in [2.45, 2.75) is 19.3 Å². The maximum Gasteiger partial charge on any atom is 0.0175 e. The van der Waals surface area contributed by atoms with Crippen molar-refractivity contribution in [2.75, 3.05) is 13.1 Å². The molecule has 1 aliphatic heterocycles. The molecule has 0 aromatic heterocycles. The summed E-state index contributed by atoms with van der Waals surface area (Å²) in [5, 5.41) is 2.12. The van der Waals surface area contributed by atoms with Gasteiger partial charge in [0.05, 0.1) is 0 Å². The molecule has 0 aromatic rings. The summed E-state index contributed by atoms with van der Waals surface area (Å²) < 4.78 is 0. The molecule has 2 atom stereocenters. The molecule has 3 heteroatoms. The largest absolute Gasteiger partial charge is 0.230 e. The average molecular weight is 161 g/mol. The smallest absolute Gasteiger partial charge is 0.0175 e. The zero-order valence-electron chi connectivity index (χ0n) is 6.02. The van der Waals surface area contributed by atoms with Gasteiger partial charge in [0.15, 0.2) is 0 Å². The molecule has 1 saturated carbocycles. The highest BCUT2D eigenvalue weighted by Gasteiger charge is 2.35. The predicted octanol–water partition coefficient (Wildman–Crippen LogP) is 1.38. The van der Waals surface area contributed by atoms with Crippen molar-refractivity contribution in [1.29, 1.82) is 0 Å². The summed E-state index contributed by atoms with van der Waals surface area (Å²) in [6, 6.07) is 0. The van der Waals surface area contributed by atoms with Crippen molar-refractivity contribution >= 4 is 11.8 Å². The fourth-order valence-electron chi connectivity index (χ4n) is 2.30. The summed E-state index contributed by atoms with van der Waals surface area (Å²) in [6.07, 6.45) is 4.27. The Morgan fingerprint density at radius 2 is 1.80 bits per heavy atom. The second-order valence-electron chi connectivity index (χ2n) is 3.44. The van der Waals surface area contributed by atoms with Gasteiger partial charge in [-0.2, -0.15) is 4.94 Å². The van der Waals surface area contributed by atoms with Gasteiger partial charge in [0.1, 0.15) is 0 Å². The van der Waals surface area contributed by atoms with Crippen LogP contribution in [0.2, 0.25) is 0 Å². The lowest BCUT2D eigenvalue weighted by Crippen LogP contribution is -2.29. The van der Waals surface area contributed by atoms with Crippen LogP contribution in [0.3, 0.4) is 0 Å². The van der Waals surface area contributed by atoms with Gasteiger partial charge in [-0.1, -0.05) is 6.42 Å². The molecule has 2 nitrogen and oxygen atoms in total. The van der Waals surface area contributed by atoms with Gasteiger partial charge < -0.3 is 0 Å². The number of halogens is 1. The molecule has 0 radical (unpaired) electrons. The van der Waals surface area contributed by atoms with E-state index < -0.39 is 0 Å². The Hall–Kier alpha value is 0.210. The Morgan fingerprint density at radius 1 is 1.20 bits per heavy atom. The van der Waals surface area contributed by atoms with Crippen molar-refractivity contribution in [1.82, 2.24) is 9.95 Å². The topological polar surface area (TPSA) is 15.3 Å². The predicted molar refractivity (Wildman–Crippen MR) is 41.4 cm³/mol. The summed E-state index contributed by atoms with van der Waals surface area (Å²) >= 11 is 5.50. The number of fused-ring (bicyclic) bond motifs is 1. The molecule has 2 fully saturated rings. The van der Waals surface area contributed by atoms with Crippen LogP contribution in [0.4, 0.5) is 0 Å². The minimum Gasteiger partial charge on any atom is -0.230 e. The maximum atomic E-state index is 5.50. The monoisotopic (exact) mass is 160 g/mol. The highest BCUT2D eigenvalue weighted by atomic mass is 35.5. The highest BCUT2D eigenvalue weighted by Crippen LogP contribution is 2.36. The second-order valence-corrected chi connectivity index (χ2v) is 3.61. The van der Waals surface area contributed by atoms with Crippen LogP contribution in [0, 0.1) is 11.8 Å². The van der Waals surface area contributed by atoms with Crippen LogP contribution < -0.4 is 4.94 Å². The van der Waals surface area contributed by atoms with Gasteiger partial charge in [0.25, 0.3) is 0 Å². The first-order valence-electron chi connectivity index (χ1n) is 4.01. The molecule has 0 bridgehead atoms. The number of hydrogen-bond acceptors (Lipinski definition) is 2. The normalized spacial score (nSPS) is 40.5. The standard InChI is InChI=1S/C7H13ClN2/c8-9-10-4-6-2-1-3-7(6)5-10/h6-7,9H,1-5H2. The van der Waals surface area contributed by atoms with E-state index in [4.69, 9.17) is 11.8 Å². The van der Waals surface area contributed by atoms with Crippen molar-refractivity contribution in [3.05, 3.63) is 0 Å². The van der Waals surface area contributed by atoms with Gasteiger partial charge in [-0.25, -0.2) is 5.01 Å². The van der Waals surface area contributed by atoms with Crippen molar-refractivity contribution in [2.24, 2.45) is 11.8 Å². The molecule has 10 heavy (non-hydrogen) atoms. The Balaban J connectivity index is 1.94. The molecule has 1 aliphatic carbocycles. The van der Waals surface area contributed by atoms with Gasteiger partial charge in [-0.05, 0) is 36.5 Å². The van der Waals surface area contributed by atoms with E-state index in [9.17, 15) is 0 Å². The molecule has 0 aromatic carbocycles. The summed E-state index contributed by atoms with van der Waals surface area (Å²) in [5.41, 5.74) is 0. The number of hydrogen-bond donors (Lipinski definition) is 1. The van der Waals surface area contributed by atoms with E-state index in [0.717, 1.165) is 24.9 Å². The lowest BCUT2D eigenvalue weighted by Gasteiger charge is -2.11. The SMILES string of the molecule is ClNN1CC2CCCC2C1. The van der Waals surface area contributed by atoms with Crippen molar-refractivity contribution in [3.63, 3.8) is 0 Å². The van der Waals surface area contributed by atoms with Crippen LogP contribution in [-0.2, 0) is 0 Å². The summed E-state index contributed by atoms with van der Waals surface area (Å²) in [4.78, 5) is 2.70. The van der Waals surface area contributed by atoms with Crippen LogP contribution in [0.5, 0.6) is 0 Å². The molecule has 58 valence electrons. The number of rotatable bonds is 1. The van der Waals surface area contributed by atoms with Gasteiger partial charge in [0, 0.05) is 13.1 Å². The minimum absolute atomic E-state index is 0.936. The lowest BCUT2D eigenvalue weighted by atomic mass is 10.0. The van der Waals surface area contributed by atoms with E-state index in [1.54, 1.807) is 0 Å². The van der Waals surface area contributed by atoms with Crippen LogP contribution in [0.25, 0.3) is 0 Å². The van der Waals surface area contributed by atoms with Gasteiger partial charge in [-0.15, -0.1) is 0 Å². The van der Waals surface area contributed by atoms with Crippen molar-refractivity contribution < 1.29 is 0 Å². The number of nitrogens with one attached hydrogen (secondary N) is 1. The first-order valence-corrected chi connectivity index (χ1v) is 4.39. The van der Waals surface area contributed by atoms with E-state index in [-0.39, 0.29) is 0 Å². The lowest BCUT2D eigenvalue weighted by molar-refractivity contribution is 0.282. The van der Waals surface area contributed by atoms with Crippen LogP contribution in [0.15, 0.2) is 0 Å². The number of hydrazine groups is 1. The van der Waals surface area contributed by atoms with Crippen LogP contribution in [0.1, 0.15) is 19.3 Å². The van der Waals surface area contributed by atoms with Crippen LogP contribution >= 0.6 is 11.8 Å². The molecule has 0 amide bonds. The summed E-state index contributed by atoms with van der Waals surface area (Å²) in [5.74, 6) is 1.87. The molecule has 2 aliphatic rings. The van der Waals surface area contributed by atoms with Gasteiger partial charge in [0.2, 0.25) is 0 Å². The third-order valence-electron chi connectivity index (χ3n) is 2.85. The fraction of sp³-hybridized carbons (Fsp3) is 1.00. The van der Waals surface area contributed by atoms with E-state index in [1.807, 2.05) is 0 Å². The van der Waals surface area contributed by atoms with E-state index in [0.29, 0.717) is 0 Å².